The molecule has 0 aliphatic heterocycles. The van der Waals surface area contributed by atoms with Gasteiger partial charge in [-0.2, -0.15) is 0 Å². The molecule has 18 heavy (non-hydrogen) atoms. The molecule has 4 nitrogen and oxygen atoms in total. The van der Waals surface area contributed by atoms with Crippen molar-refractivity contribution in [2.24, 2.45) is 0 Å². The molecule has 0 spiro atoms. The Kier molecular flexibility index (Phi) is 3.45. The highest BCUT2D eigenvalue weighted by atomic mass is 35.5. The largest absolute Gasteiger partial charge is 0.491 e. The molecular formula is C12H12ClNO3S. The number of aromatic nitrogens is 1. The lowest BCUT2D eigenvalue weighted by Crippen LogP contribution is -1.99. The molecule has 96 valence electrons. The fraction of sp³-hybridized carbons (Fsp3) is 0.333. The number of aromatic carboxylic acids is 1. The van der Waals surface area contributed by atoms with Gasteiger partial charge < -0.3 is 9.84 Å². The summed E-state index contributed by atoms with van der Waals surface area (Å²) in [6, 6.07) is 0. The number of carboxylic acid groups (broad SMARTS) is 1. The second kappa shape index (κ2) is 4.74. The molecule has 0 saturated carbocycles. The number of ether oxygens (including phenoxy) is 1. The van der Waals surface area contributed by atoms with Gasteiger partial charge in [0.25, 0.3) is 0 Å². The van der Waals surface area contributed by atoms with Crippen LogP contribution < -0.4 is 4.74 Å². The number of rotatable bonds is 3. The summed E-state index contributed by atoms with van der Waals surface area (Å²) in [6.45, 7) is 5.94. The number of fused-ring (bicyclic) bond motifs is 1. The predicted octanol–water partition coefficient (Wildman–Crippen LogP) is 3.66. The number of hydrogen-bond acceptors (Lipinski definition) is 4. The van der Waals surface area contributed by atoms with Gasteiger partial charge >= 0.3 is 5.97 Å². The maximum absolute atomic E-state index is 11.2. The molecule has 0 fully saturated rings. The molecule has 6 heteroatoms. The van der Waals surface area contributed by atoms with Crippen LogP contribution in [-0.4, -0.2) is 22.7 Å². The Hall–Kier alpha value is -1.33. The summed E-state index contributed by atoms with van der Waals surface area (Å²) in [5.41, 5.74) is 1.74. The van der Waals surface area contributed by atoms with E-state index in [1.54, 1.807) is 6.92 Å². The van der Waals surface area contributed by atoms with Crippen LogP contribution in [0.4, 0.5) is 0 Å². The lowest BCUT2D eigenvalue weighted by Gasteiger charge is -2.05. The molecule has 0 saturated heterocycles. The van der Waals surface area contributed by atoms with Crippen LogP contribution in [0.3, 0.4) is 0 Å². The third kappa shape index (κ3) is 1.93. The molecule has 2 aromatic rings. The number of pyridine rings is 1. The van der Waals surface area contributed by atoms with Crippen LogP contribution >= 0.6 is 22.9 Å². The highest BCUT2D eigenvalue weighted by molar-refractivity contribution is 7.21. The molecule has 0 aliphatic carbocycles. The Morgan fingerprint density at radius 3 is 2.72 bits per heavy atom. The van der Waals surface area contributed by atoms with Crippen LogP contribution in [0.1, 0.15) is 27.9 Å². The van der Waals surface area contributed by atoms with E-state index in [0.29, 0.717) is 22.9 Å². The predicted molar refractivity (Wildman–Crippen MR) is 72.2 cm³/mol. The van der Waals surface area contributed by atoms with E-state index in [9.17, 15) is 9.90 Å². The van der Waals surface area contributed by atoms with Gasteiger partial charge in [0.15, 0.2) is 10.6 Å². The number of carbonyl (C=O) groups is 1. The highest BCUT2D eigenvalue weighted by Crippen LogP contribution is 2.43. The van der Waals surface area contributed by atoms with Crippen molar-refractivity contribution in [3.63, 3.8) is 0 Å². The molecule has 1 N–H and O–H groups in total. The molecular weight excluding hydrogens is 274 g/mol. The van der Waals surface area contributed by atoms with Crippen LogP contribution in [0.25, 0.3) is 10.1 Å². The summed E-state index contributed by atoms with van der Waals surface area (Å²) in [4.78, 5) is 15.6. The zero-order valence-corrected chi connectivity index (χ0v) is 11.8. The molecule has 0 atom stereocenters. The van der Waals surface area contributed by atoms with E-state index in [0.717, 1.165) is 16.0 Å². The van der Waals surface area contributed by atoms with E-state index in [1.807, 2.05) is 13.8 Å². The van der Waals surface area contributed by atoms with Crippen LogP contribution in [0.2, 0.25) is 5.15 Å². The van der Waals surface area contributed by atoms with Gasteiger partial charge in [-0.15, -0.1) is 11.3 Å². The molecule has 0 unspecified atom stereocenters. The summed E-state index contributed by atoms with van der Waals surface area (Å²) in [6.07, 6.45) is 0. The van der Waals surface area contributed by atoms with Crippen LogP contribution in [-0.2, 0) is 0 Å². The first-order valence-electron chi connectivity index (χ1n) is 5.42. The van der Waals surface area contributed by atoms with Crippen molar-refractivity contribution in [3.05, 3.63) is 21.3 Å². The molecule has 0 bridgehead atoms. The number of halogens is 1. The quantitative estimate of drug-likeness (QED) is 0.874. The minimum Gasteiger partial charge on any atom is -0.491 e. The third-order valence-electron chi connectivity index (χ3n) is 2.70. The van der Waals surface area contributed by atoms with Gasteiger partial charge in [0.2, 0.25) is 0 Å². The number of thiophene rings is 1. The van der Waals surface area contributed by atoms with E-state index in [4.69, 9.17) is 16.3 Å². The number of carboxylic acids is 1. The van der Waals surface area contributed by atoms with E-state index in [2.05, 4.69) is 4.98 Å². The third-order valence-corrected chi connectivity index (χ3v) is 4.25. The zero-order chi connectivity index (χ0) is 13.4. The number of hydrogen-bond donors (Lipinski definition) is 1. The Morgan fingerprint density at radius 2 is 2.17 bits per heavy atom. The van der Waals surface area contributed by atoms with Gasteiger partial charge in [-0.25, -0.2) is 9.78 Å². The van der Waals surface area contributed by atoms with Crippen molar-refractivity contribution in [1.29, 1.82) is 0 Å². The first-order valence-corrected chi connectivity index (χ1v) is 6.62. The summed E-state index contributed by atoms with van der Waals surface area (Å²) in [7, 11) is 0. The molecule has 2 heterocycles. The summed E-state index contributed by atoms with van der Waals surface area (Å²) in [5, 5.41) is 10.1. The SMILES string of the molecule is CCOc1c(C(=O)O)sc2c(C)c(C)nc(Cl)c12. The molecule has 0 radical (unpaired) electrons. The molecule has 0 amide bonds. The van der Waals surface area contributed by atoms with Crippen molar-refractivity contribution in [1.82, 2.24) is 4.98 Å². The molecule has 0 aliphatic rings. The van der Waals surface area contributed by atoms with Crippen molar-refractivity contribution in [2.45, 2.75) is 20.8 Å². The molecule has 0 aromatic carbocycles. The topological polar surface area (TPSA) is 59.4 Å². The van der Waals surface area contributed by atoms with Crippen molar-refractivity contribution in [3.8, 4) is 5.75 Å². The van der Waals surface area contributed by atoms with Gasteiger partial charge in [0.05, 0.1) is 12.0 Å². The van der Waals surface area contributed by atoms with Crippen molar-refractivity contribution < 1.29 is 14.6 Å². The van der Waals surface area contributed by atoms with Gasteiger partial charge in [0.1, 0.15) is 5.15 Å². The Balaban J connectivity index is 2.89. The summed E-state index contributed by atoms with van der Waals surface area (Å²) >= 11 is 7.29. The number of nitrogens with zero attached hydrogens (tertiary/aromatic N) is 1. The summed E-state index contributed by atoms with van der Waals surface area (Å²) < 4.78 is 6.26. The zero-order valence-electron chi connectivity index (χ0n) is 10.2. The highest BCUT2D eigenvalue weighted by Gasteiger charge is 2.23. The van der Waals surface area contributed by atoms with Crippen molar-refractivity contribution in [2.75, 3.05) is 6.61 Å². The first kappa shape index (κ1) is 13.1. The van der Waals surface area contributed by atoms with Crippen LogP contribution in [0.5, 0.6) is 5.75 Å². The summed E-state index contributed by atoms with van der Waals surface area (Å²) in [5.74, 6) is -0.682. The maximum Gasteiger partial charge on any atom is 0.349 e. The van der Waals surface area contributed by atoms with Gasteiger partial charge in [-0.05, 0) is 26.3 Å². The minimum atomic E-state index is -1.01. The van der Waals surface area contributed by atoms with E-state index >= 15 is 0 Å². The van der Waals surface area contributed by atoms with E-state index in [1.165, 1.54) is 11.3 Å². The smallest absolute Gasteiger partial charge is 0.349 e. The molecule has 2 aromatic heterocycles. The van der Waals surface area contributed by atoms with Gasteiger partial charge in [-0.1, -0.05) is 11.6 Å². The van der Waals surface area contributed by atoms with Gasteiger partial charge in [-0.3, -0.25) is 0 Å². The van der Waals surface area contributed by atoms with Gasteiger partial charge in [0, 0.05) is 10.4 Å². The monoisotopic (exact) mass is 285 g/mol. The Bertz CT molecular complexity index is 636. The first-order chi connectivity index (χ1) is 8.47. The molecule has 2 rings (SSSR count). The second-order valence-corrected chi connectivity index (χ2v) is 5.19. The lowest BCUT2D eigenvalue weighted by molar-refractivity contribution is 0.0698. The van der Waals surface area contributed by atoms with Crippen LogP contribution in [0, 0.1) is 13.8 Å². The Labute approximate surface area is 113 Å². The van der Waals surface area contributed by atoms with Crippen molar-refractivity contribution >= 4 is 39.0 Å². The fourth-order valence-electron chi connectivity index (χ4n) is 1.74. The van der Waals surface area contributed by atoms with Crippen LogP contribution in [0.15, 0.2) is 0 Å². The number of aryl methyl sites for hydroxylation is 2. The maximum atomic E-state index is 11.2. The normalized spacial score (nSPS) is 10.9. The average molecular weight is 286 g/mol. The minimum absolute atomic E-state index is 0.171. The Morgan fingerprint density at radius 1 is 1.50 bits per heavy atom. The fourth-order valence-corrected chi connectivity index (χ4v) is 3.24. The lowest BCUT2D eigenvalue weighted by atomic mass is 10.2. The van der Waals surface area contributed by atoms with E-state index in [-0.39, 0.29) is 4.88 Å². The standard InChI is InChI=1S/C12H12ClNO3S/c1-4-17-8-7-9(18-10(8)12(15)16)5(2)6(3)14-11(7)13/h4H2,1-3H3,(H,15,16). The average Bonchev–Trinajstić information content (AvgIpc) is 2.67. The van der Waals surface area contributed by atoms with E-state index < -0.39 is 5.97 Å². The second-order valence-electron chi connectivity index (χ2n) is 3.82.